The monoisotopic (exact) mass is 388 g/mol. The summed E-state index contributed by atoms with van der Waals surface area (Å²) in [6.45, 7) is 0.834. The third-order valence-corrected chi connectivity index (χ3v) is 5.80. The van der Waals surface area contributed by atoms with Gasteiger partial charge in [0, 0.05) is 6.54 Å². The average Bonchev–Trinajstić information content (AvgIpc) is 3.37. The average molecular weight is 388 g/mol. The summed E-state index contributed by atoms with van der Waals surface area (Å²) in [6.07, 6.45) is 1.81. The van der Waals surface area contributed by atoms with Gasteiger partial charge < -0.3 is 4.90 Å². The fourth-order valence-corrected chi connectivity index (χ4v) is 4.30. The highest BCUT2D eigenvalue weighted by atomic mass is 32.1. The zero-order chi connectivity index (χ0) is 18.1. The van der Waals surface area contributed by atoms with Gasteiger partial charge in [0.1, 0.15) is 12.4 Å². The van der Waals surface area contributed by atoms with Crippen molar-refractivity contribution in [3.8, 4) is 10.7 Å². The normalized spacial score (nSPS) is 17.0. The Kier molecular flexibility index (Phi) is 4.69. The lowest BCUT2D eigenvalue weighted by Gasteiger charge is -2.25. The van der Waals surface area contributed by atoms with Crippen LogP contribution in [0.5, 0.6) is 0 Å². The van der Waals surface area contributed by atoms with Crippen LogP contribution in [0, 0.1) is 10.6 Å². The van der Waals surface area contributed by atoms with Gasteiger partial charge in [-0.3, -0.25) is 14.5 Å². The number of amides is 1. The largest absolute Gasteiger partial charge is 0.334 e. The van der Waals surface area contributed by atoms with Gasteiger partial charge in [-0.05, 0) is 54.2 Å². The summed E-state index contributed by atoms with van der Waals surface area (Å²) in [5.74, 6) is 0.401. The van der Waals surface area contributed by atoms with E-state index in [1.165, 1.54) is 12.1 Å². The molecule has 0 saturated carbocycles. The predicted octanol–water partition coefficient (Wildman–Crippen LogP) is 4.17. The standard InChI is InChI=1S/C18H17FN4OS2/c19-13-7-5-12(6-8-13)14-3-1-9-22(14)16(24)11-23-17(20-21-18(23)25)15-4-2-10-26-15/h2,4-8,10,14H,1,3,9,11H2,(H,21,25). The van der Waals surface area contributed by atoms with Crippen molar-refractivity contribution in [3.05, 3.63) is 57.9 Å². The van der Waals surface area contributed by atoms with E-state index in [0.717, 1.165) is 23.3 Å². The Morgan fingerprint density at radius 1 is 1.35 bits per heavy atom. The molecule has 5 nitrogen and oxygen atoms in total. The number of benzene rings is 1. The number of aromatic nitrogens is 3. The van der Waals surface area contributed by atoms with Gasteiger partial charge in [-0.2, -0.15) is 5.10 Å². The molecule has 0 aliphatic carbocycles. The first-order valence-electron chi connectivity index (χ1n) is 8.37. The van der Waals surface area contributed by atoms with Crippen molar-refractivity contribution in [2.75, 3.05) is 6.54 Å². The topological polar surface area (TPSA) is 53.9 Å². The Morgan fingerprint density at radius 2 is 2.15 bits per heavy atom. The number of nitrogens with one attached hydrogen (secondary N) is 1. The molecule has 3 aromatic rings. The molecular weight excluding hydrogens is 371 g/mol. The van der Waals surface area contributed by atoms with Crippen molar-refractivity contribution in [3.63, 3.8) is 0 Å². The molecule has 134 valence electrons. The van der Waals surface area contributed by atoms with E-state index in [2.05, 4.69) is 10.2 Å². The number of halogens is 1. The molecule has 1 aliphatic heterocycles. The van der Waals surface area contributed by atoms with Gasteiger partial charge in [-0.25, -0.2) is 4.39 Å². The van der Waals surface area contributed by atoms with E-state index in [0.29, 0.717) is 17.1 Å². The molecule has 1 aliphatic rings. The molecule has 26 heavy (non-hydrogen) atoms. The van der Waals surface area contributed by atoms with Crippen LogP contribution in [0.25, 0.3) is 10.7 Å². The summed E-state index contributed by atoms with van der Waals surface area (Å²) in [5, 5.41) is 9.01. The highest BCUT2D eigenvalue weighted by molar-refractivity contribution is 7.71. The number of aromatic amines is 1. The van der Waals surface area contributed by atoms with E-state index in [-0.39, 0.29) is 24.3 Å². The maximum Gasteiger partial charge on any atom is 0.243 e. The lowest BCUT2D eigenvalue weighted by molar-refractivity contribution is -0.132. The number of thiophene rings is 1. The van der Waals surface area contributed by atoms with Crippen molar-refractivity contribution >= 4 is 29.5 Å². The van der Waals surface area contributed by atoms with Crippen LogP contribution >= 0.6 is 23.6 Å². The fraction of sp³-hybridized carbons (Fsp3) is 0.278. The molecule has 1 N–H and O–H groups in total. The molecule has 4 rings (SSSR count). The Bertz CT molecular complexity index is 962. The summed E-state index contributed by atoms with van der Waals surface area (Å²) in [5.41, 5.74) is 0.964. The number of likely N-dealkylation sites (tertiary alicyclic amines) is 1. The van der Waals surface area contributed by atoms with E-state index in [4.69, 9.17) is 12.2 Å². The number of hydrogen-bond acceptors (Lipinski definition) is 4. The highest BCUT2D eigenvalue weighted by Crippen LogP contribution is 2.32. The lowest BCUT2D eigenvalue weighted by atomic mass is 10.0. The van der Waals surface area contributed by atoms with Crippen LogP contribution in [0.2, 0.25) is 0 Å². The van der Waals surface area contributed by atoms with Gasteiger partial charge in [0.15, 0.2) is 10.6 Å². The zero-order valence-corrected chi connectivity index (χ0v) is 15.5. The number of hydrogen-bond donors (Lipinski definition) is 1. The molecule has 1 fully saturated rings. The van der Waals surface area contributed by atoms with E-state index in [1.807, 2.05) is 22.4 Å². The van der Waals surface area contributed by atoms with Gasteiger partial charge in [0.25, 0.3) is 0 Å². The summed E-state index contributed by atoms with van der Waals surface area (Å²) in [7, 11) is 0. The lowest BCUT2D eigenvalue weighted by Crippen LogP contribution is -2.33. The maximum absolute atomic E-state index is 13.2. The van der Waals surface area contributed by atoms with E-state index < -0.39 is 0 Å². The molecule has 8 heteroatoms. The Hall–Kier alpha value is -2.32. The van der Waals surface area contributed by atoms with Gasteiger partial charge in [0.2, 0.25) is 5.91 Å². The number of carbonyl (C=O) groups is 1. The smallest absolute Gasteiger partial charge is 0.243 e. The summed E-state index contributed by atoms with van der Waals surface area (Å²) < 4.78 is 15.4. The number of nitrogens with zero attached hydrogens (tertiary/aromatic N) is 3. The van der Waals surface area contributed by atoms with Gasteiger partial charge in [-0.15, -0.1) is 11.3 Å². The van der Waals surface area contributed by atoms with Gasteiger partial charge in [0.05, 0.1) is 10.9 Å². The van der Waals surface area contributed by atoms with Crippen LogP contribution in [0.1, 0.15) is 24.4 Å². The van der Waals surface area contributed by atoms with Crippen molar-refractivity contribution in [1.82, 2.24) is 19.7 Å². The number of carbonyl (C=O) groups excluding carboxylic acids is 1. The molecule has 0 radical (unpaired) electrons. The van der Waals surface area contributed by atoms with Gasteiger partial charge >= 0.3 is 0 Å². The second kappa shape index (κ2) is 7.13. The van der Waals surface area contributed by atoms with Crippen molar-refractivity contribution in [2.24, 2.45) is 0 Å². The van der Waals surface area contributed by atoms with E-state index in [1.54, 1.807) is 28.0 Å². The first-order chi connectivity index (χ1) is 12.6. The molecule has 3 heterocycles. The second-order valence-corrected chi connectivity index (χ2v) is 7.55. The van der Waals surface area contributed by atoms with Crippen LogP contribution < -0.4 is 0 Å². The molecule has 1 atom stereocenters. The minimum Gasteiger partial charge on any atom is -0.334 e. The predicted molar refractivity (Wildman–Crippen MR) is 101 cm³/mol. The minimum atomic E-state index is -0.269. The first kappa shape index (κ1) is 17.1. The Labute approximate surface area is 159 Å². The molecule has 0 spiro atoms. The SMILES string of the molecule is O=C(Cn1c(-c2cccs2)n[nH]c1=S)N1CCCC1c1ccc(F)cc1. The van der Waals surface area contributed by atoms with Crippen molar-refractivity contribution < 1.29 is 9.18 Å². The first-order valence-corrected chi connectivity index (χ1v) is 9.66. The Balaban J connectivity index is 1.58. The van der Waals surface area contributed by atoms with E-state index in [9.17, 15) is 9.18 Å². The van der Waals surface area contributed by atoms with E-state index >= 15 is 0 Å². The molecule has 0 bridgehead atoms. The summed E-state index contributed by atoms with van der Waals surface area (Å²) in [4.78, 5) is 15.8. The second-order valence-electron chi connectivity index (χ2n) is 6.21. The van der Waals surface area contributed by atoms with Crippen molar-refractivity contribution in [1.29, 1.82) is 0 Å². The fourth-order valence-electron chi connectivity index (χ4n) is 3.38. The maximum atomic E-state index is 13.2. The van der Waals surface area contributed by atoms with Crippen LogP contribution in [0.3, 0.4) is 0 Å². The highest BCUT2D eigenvalue weighted by Gasteiger charge is 2.30. The van der Waals surface area contributed by atoms with Crippen LogP contribution in [0.4, 0.5) is 4.39 Å². The molecule has 1 saturated heterocycles. The molecule has 1 unspecified atom stereocenters. The molecule has 1 aromatic carbocycles. The van der Waals surface area contributed by atoms with Crippen LogP contribution in [-0.4, -0.2) is 32.1 Å². The van der Waals surface area contributed by atoms with Crippen LogP contribution in [0.15, 0.2) is 41.8 Å². The summed E-state index contributed by atoms with van der Waals surface area (Å²) >= 11 is 6.87. The third-order valence-electron chi connectivity index (χ3n) is 4.62. The molecule has 1 amide bonds. The Morgan fingerprint density at radius 3 is 2.88 bits per heavy atom. The molecule has 2 aromatic heterocycles. The zero-order valence-electron chi connectivity index (χ0n) is 13.9. The molecular formula is C18H17FN4OS2. The quantitative estimate of drug-likeness (QED) is 0.683. The summed E-state index contributed by atoms with van der Waals surface area (Å²) in [6, 6.07) is 10.3. The third kappa shape index (κ3) is 3.22. The minimum absolute atomic E-state index is 0.00729. The van der Waals surface area contributed by atoms with Gasteiger partial charge in [-0.1, -0.05) is 18.2 Å². The van der Waals surface area contributed by atoms with Crippen LogP contribution in [-0.2, 0) is 11.3 Å². The number of rotatable bonds is 4. The number of H-pyrrole nitrogens is 1. The van der Waals surface area contributed by atoms with Crippen molar-refractivity contribution in [2.45, 2.75) is 25.4 Å².